The molecular formula is C34H44ClF3N8O3. The van der Waals surface area contributed by atoms with Crippen LogP contribution in [0.2, 0.25) is 5.02 Å². The number of nitrogens with zero attached hydrogens (tertiary/aromatic N) is 8. The van der Waals surface area contributed by atoms with Crippen LogP contribution in [0.15, 0.2) is 30.4 Å². The Labute approximate surface area is 290 Å². The standard InChI is InChI=1S/C34H44ClF3N8O3/c1-42-12-3-5-25(42)23-49-33-40-28-22-44(29-7-2-6-27(35)31(29)34(36,37)38)14-10-26(28)32(41-33)45-15-16-46(24(21-45)9-11-39)30(47)8-4-13-43-17-19-48-20-18-43/h2,4,6-8,24-25,30,47H,3,5,9-10,12-23H2,1H3/b8-4+/t24-,25-,30?/m0/s1. The SMILES string of the molecule is CN1CCC[C@H]1COc1nc2c(c(N3CCN(C(O)/C=C/CN4CCOCC4)[C@@H](CC#N)C3)n1)CCN(c1cccc(Cl)c1C(F)(F)F)C2. The molecule has 11 nitrogen and oxygen atoms in total. The zero-order valence-corrected chi connectivity index (χ0v) is 28.5. The fourth-order valence-corrected chi connectivity index (χ4v) is 7.54. The fraction of sp³-hybridized carbons (Fsp3) is 0.618. The molecule has 6 rings (SSSR count). The number of aromatic nitrogens is 2. The highest BCUT2D eigenvalue weighted by Gasteiger charge is 2.39. The maximum Gasteiger partial charge on any atom is 0.419 e. The van der Waals surface area contributed by atoms with Crippen LogP contribution in [0, 0.1) is 11.3 Å². The Morgan fingerprint density at radius 3 is 2.67 bits per heavy atom. The first kappa shape index (κ1) is 35.6. The van der Waals surface area contributed by atoms with E-state index in [1.165, 1.54) is 18.2 Å². The second-order valence-corrected chi connectivity index (χ2v) is 13.5. The average Bonchev–Trinajstić information content (AvgIpc) is 3.50. The quantitative estimate of drug-likeness (QED) is 0.366. The number of morpholine rings is 1. The molecule has 1 aromatic carbocycles. The van der Waals surface area contributed by atoms with Crippen LogP contribution in [0.4, 0.5) is 24.7 Å². The van der Waals surface area contributed by atoms with Gasteiger partial charge >= 0.3 is 12.2 Å². The summed E-state index contributed by atoms with van der Waals surface area (Å²) in [5.74, 6) is 0.668. The zero-order valence-electron chi connectivity index (χ0n) is 27.8. The van der Waals surface area contributed by atoms with E-state index in [4.69, 9.17) is 31.0 Å². The molecular weight excluding hydrogens is 661 g/mol. The van der Waals surface area contributed by atoms with Gasteiger partial charge in [0.1, 0.15) is 18.7 Å². The van der Waals surface area contributed by atoms with Gasteiger partial charge in [0.2, 0.25) is 0 Å². The Morgan fingerprint density at radius 1 is 1.12 bits per heavy atom. The number of piperazine rings is 1. The predicted molar refractivity (Wildman–Crippen MR) is 180 cm³/mol. The van der Waals surface area contributed by atoms with Crippen LogP contribution in [0.3, 0.4) is 0 Å². The Hall–Kier alpha value is -3.19. The van der Waals surface area contributed by atoms with E-state index in [-0.39, 0.29) is 41.8 Å². The van der Waals surface area contributed by atoms with E-state index in [1.54, 1.807) is 11.0 Å². The number of rotatable bonds is 10. The van der Waals surface area contributed by atoms with Gasteiger partial charge in [-0.2, -0.15) is 28.4 Å². The molecule has 1 aromatic heterocycles. The number of aliphatic hydroxyl groups excluding tert-OH is 1. The summed E-state index contributed by atoms with van der Waals surface area (Å²) in [5, 5.41) is 20.5. The molecule has 15 heteroatoms. The van der Waals surface area contributed by atoms with Crippen LogP contribution < -0.4 is 14.5 Å². The first-order valence-corrected chi connectivity index (χ1v) is 17.4. The number of nitriles is 1. The molecule has 5 heterocycles. The van der Waals surface area contributed by atoms with Gasteiger partial charge in [-0.25, -0.2) is 0 Å². The van der Waals surface area contributed by atoms with E-state index < -0.39 is 18.0 Å². The van der Waals surface area contributed by atoms with Gasteiger partial charge in [0.05, 0.1) is 54.2 Å². The first-order chi connectivity index (χ1) is 23.6. The number of likely N-dealkylation sites (N-methyl/N-ethyl adjacent to an activating group) is 1. The van der Waals surface area contributed by atoms with Crippen LogP contribution in [-0.4, -0.2) is 127 Å². The van der Waals surface area contributed by atoms with Crippen molar-refractivity contribution in [3.05, 3.63) is 52.2 Å². The third kappa shape index (κ3) is 8.41. The van der Waals surface area contributed by atoms with Gasteiger partial charge < -0.3 is 29.3 Å². The number of hydrogen-bond donors (Lipinski definition) is 1. The number of anilines is 2. The summed E-state index contributed by atoms with van der Waals surface area (Å²) >= 11 is 6.08. The maximum absolute atomic E-state index is 14.1. The highest BCUT2D eigenvalue weighted by molar-refractivity contribution is 6.31. The second kappa shape index (κ2) is 15.8. The highest BCUT2D eigenvalue weighted by Crippen LogP contribution is 2.43. The summed E-state index contributed by atoms with van der Waals surface area (Å²) in [4.78, 5) is 19.9. The van der Waals surface area contributed by atoms with Crippen molar-refractivity contribution in [2.75, 3.05) is 89.0 Å². The van der Waals surface area contributed by atoms with Crippen LogP contribution in [0.5, 0.6) is 6.01 Å². The molecule has 49 heavy (non-hydrogen) atoms. The fourth-order valence-electron chi connectivity index (χ4n) is 7.26. The zero-order chi connectivity index (χ0) is 34.5. The number of benzene rings is 1. The van der Waals surface area contributed by atoms with E-state index in [1.807, 2.05) is 11.0 Å². The van der Waals surface area contributed by atoms with E-state index in [9.17, 15) is 23.5 Å². The largest absolute Gasteiger partial charge is 0.462 e. The maximum atomic E-state index is 14.1. The van der Waals surface area contributed by atoms with E-state index in [0.29, 0.717) is 70.5 Å². The van der Waals surface area contributed by atoms with Crippen molar-refractivity contribution < 1.29 is 27.8 Å². The lowest BCUT2D eigenvalue weighted by Gasteiger charge is -2.43. The molecule has 4 aliphatic heterocycles. The van der Waals surface area contributed by atoms with E-state index in [2.05, 4.69) is 27.8 Å². The molecule has 0 aliphatic carbocycles. The summed E-state index contributed by atoms with van der Waals surface area (Å²) < 4.78 is 54.0. The van der Waals surface area contributed by atoms with Crippen molar-refractivity contribution in [2.45, 2.75) is 56.7 Å². The van der Waals surface area contributed by atoms with Gasteiger partial charge in [0.15, 0.2) is 0 Å². The van der Waals surface area contributed by atoms with Gasteiger partial charge in [-0.15, -0.1) is 0 Å². The third-order valence-electron chi connectivity index (χ3n) is 9.98. The summed E-state index contributed by atoms with van der Waals surface area (Å²) in [6, 6.07) is 6.65. The topological polar surface area (TPSA) is 104 Å². The number of aliphatic hydroxyl groups is 1. The molecule has 4 aliphatic rings. The van der Waals surface area contributed by atoms with Gasteiger partial charge in [-0.05, 0) is 51.1 Å². The first-order valence-electron chi connectivity index (χ1n) is 17.0. The molecule has 3 fully saturated rings. The summed E-state index contributed by atoms with van der Waals surface area (Å²) in [7, 11) is 2.06. The molecule has 3 saturated heterocycles. The van der Waals surface area contributed by atoms with Gasteiger partial charge in [-0.1, -0.05) is 23.7 Å². The smallest absolute Gasteiger partial charge is 0.419 e. The Morgan fingerprint density at radius 2 is 1.94 bits per heavy atom. The summed E-state index contributed by atoms with van der Waals surface area (Å²) in [5.41, 5.74) is 0.610. The molecule has 1 unspecified atom stereocenters. The molecule has 0 radical (unpaired) electrons. The van der Waals surface area contributed by atoms with Crippen molar-refractivity contribution in [1.82, 2.24) is 24.7 Å². The number of alkyl halides is 3. The second-order valence-electron chi connectivity index (χ2n) is 13.1. The van der Waals surface area contributed by atoms with Crippen molar-refractivity contribution in [2.24, 2.45) is 0 Å². The summed E-state index contributed by atoms with van der Waals surface area (Å²) in [6.45, 7) is 7.10. The van der Waals surface area contributed by atoms with Crippen LogP contribution in [0.25, 0.3) is 0 Å². The lowest BCUT2D eigenvalue weighted by atomic mass is 10.0. The summed E-state index contributed by atoms with van der Waals surface area (Å²) in [6.07, 6.45) is 0.977. The molecule has 0 saturated carbocycles. The minimum absolute atomic E-state index is 0.0132. The van der Waals surface area contributed by atoms with Gasteiger partial charge in [0, 0.05) is 63.5 Å². The predicted octanol–water partition coefficient (Wildman–Crippen LogP) is 3.80. The normalized spacial score (nSPS) is 23.5. The lowest BCUT2D eigenvalue weighted by Crippen LogP contribution is -2.56. The van der Waals surface area contributed by atoms with Crippen molar-refractivity contribution in [1.29, 1.82) is 5.26 Å². The monoisotopic (exact) mass is 704 g/mol. The van der Waals surface area contributed by atoms with Crippen molar-refractivity contribution >= 4 is 23.1 Å². The minimum Gasteiger partial charge on any atom is -0.462 e. The van der Waals surface area contributed by atoms with Crippen molar-refractivity contribution in [3.8, 4) is 12.1 Å². The molecule has 1 N–H and O–H groups in total. The Balaban J connectivity index is 1.24. The minimum atomic E-state index is -4.62. The van der Waals surface area contributed by atoms with Gasteiger partial charge in [0.25, 0.3) is 0 Å². The number of fused-ring (bicyclic) bond motifs is 1. The molecule has 0 amide bonds. The van der Waals surface area contributed by atoms with E-state index >= 15 is 0 Å². The number of likely N-dealkylation sites (tertiary alicyclic amines) is 1. The molecule has 266 valence electrons. The number of ether oxygens (including phenoxy) is 2. The number of halogens is 4. The average molecular weight is 705 g/mol. The van der Waals surface area contributed by atoms with Crippen LogP contribution in [-0.2, 0) is 23.9 Å². The Kier molecular flexibility index (Phi) is 11.5. The lowest BCUT2D eigenvalue weighted by molar-refractivity contribution is -0.137. The van der Waals surface area contributed by atoms with Gasteiger partial charge in [-0.3, -0.25) is 9.80 Å². The van der Waals surface area contributed by atoms with E-state index in [0.717, 1.165) is 38.0 Å². The molecule has 2 aromatic rings. The van der Waals surface area contributed by atoms with Crippen LogP contribution >= 0.6 is 11.6 Å². The molecule has 0 spiro atoms. The molecule has 0 bridgehead atoms. The highest BCUT2D eigenvalue weighted by atomic mass is 35.5. The number of hydrogen-bond acceptors (Lipinski definition) is 11. The van der Waals surface area contributed by atoms with Crippen molar-refractivity contribution in [3.63, 3.8) is 0 Å². The third-order valence-corrected chi connectivity index (χ3v) is 10.3. The van der Waals surface area contributed by atoms with Crippen LogP contribution in [0.1, 0.15) is 36.1 Å². The Bertz CT molecular complexity index is 1520. The molecule has 3 atom stereocenters.